The van der Waals surface area contributed by atoms with Gasteiger partial charge in [0.15, 0.2) is 0 Å². The maximum absolute atomic E-state index is 4.66. The van der Waals surface area contributed by atoms with Crippen LogP contribution in [-0.2, 0) is 24.7 Å². The molecule has 121 valence electrons. The van der Waals surface area contributed by atoms with Crippen LogP contribution < -0.4 is 2.89 Å². The minimum absolute atomic E-state index is 0.498. The predicted octanol–water partition coefficient (Wildman–Crippen LogP) is 6.08. The maximum atomic E-state index is 4.66. The molecule has 0 amide bonds. The average Bonchev–Trinajstić information content (AvgIpc) is 2.59. The Hall–Kier alpha value is -1.48. The number of nitrogens with zero attached hydrogens (tertiary/aromatic N) is 2. The first-order valence-electron chi connectivity index (χ1n) is 8.48. The second-order valence-electron chi connectivity index (χ2n) is 6.78. The Kier molecular flexibility index (Phi) is 5.19. The monoisotopic (exact) mass is 483 g/mol. The Morgan fingerprint density at radius 2 is 1.42 bits per heavy atom. The van der Waals surface area contributed by atoms with Crippen LogP contribution in [0.1, 0.15) is 50.7 Å². The van der Waals surface area contributed by atoms with Crippen molar-refractivity contribution in [3.63, 3.8) is 0 Å². The number of anilines is 2. The van der Waals surface area contributed by atoms with Crippen LogP contribution >= 0.6 is 0 Å². The zero-order valence-electron chi connectivity index (χ0n) is 14.7. The topological polar surface area (TPSA) is 16.1 Å². The van der Waals surface area contributed by atoms with Crippen molar-refractivity contribution >= 4 is 22.3 Å². The first-order valence-corrected chi connectivity index (χ1v) is 10.1. The molecule has 3 aromatic rings. The number of fused-ring (bicyclic) bond motifs is 1. The molecule has 0 radical (unpaired) electrons. The molecule has 2 nitrogen and oxygen atoms in total. The third-order valence-electron chi connectivity index (χ3n) is 4.42. The van der Waals surface area contributed by atoms with Gasteiger partial charge >= 0.3 is 160 Å². The van der Waals surface area contributed by atoms with E-state index in [1.807, 2.05) is 12.3 Å². The molecule has 0 aliphatic carbocycles. The molecule has 3 heteroatoms. The minimum atomic E-state index is 0.498. The van der Waals surface area contributed by atoms with Gasteiger partial charge in [-0.15, -0.1) is 0 Å². The summed E-state index contributed by atoms with van der Waals surface area (Å²) in [5.74, 6) is 0.996. The van der Waals surface area contributed by atoms with E-state index in [1.165, 1.54) is 27.9 Å². The number of benzene rings is 2. The summed E-state index contributed by atoms with van der Waals surface area (Å²) in [5.41, 5.74) is 6.53. The van der Waals surface area contributed by atoms with Gasteiger partial charge in [-0.1, -0.05) is 0 Å². The molecule has 0 unspecified atom stereocenters. The van der Waals surface area contributed by atoms with Gasteiger partial charge in [0.25, 0.3) is 0 Å². The van der Waals surface area contributed by atoms with Gasteiger partial charge in [0.05, 0.1) is 0 Å². The molecule has 0 atom stereocenters. The molecule has 0 aliphatic heterocycles. The average molecular weight is 482 g/mol. The predicted molar refractivity (Wildman–Crippen MR) is 98.5 cm³/mol. The fourth-order valence-corrected chi connectivity index (χ4v) is 4.73. The number of rotatable bonds is 4. The molecule has 0 spiro atoms. The zero-order chi connectivity index (χ0) is 17.3. The van der Waals surface area contributed by atoms with E-state index in [0.717, 1.165) is 30.2 Å². The van der Waals surface area contributed by atoms with Gasteiger partial charge in [-0.3, -0.25) is 0 Å². The molecule has 0 saturated heterocycles. The number of aromatic nitrogens is 1. The molecule has 1 heterocycles. The van der Waals surface area contributed by atoms with Crippen LogP contribution in [0.25, 0.3) is 10.9 Å². The molecule has 0 fully saturated rings. The van der Waals surface area contributed by atoms with Crippen LogP contribution in [0, 0.1) is 0 Å². The van der Waals surface area contributed by atoms with Gasteiger partial charge < -0.3 is 0 Å². The summed E-state index contributed by atoms with van der Waals surface area (Å²) < 4.78 is 2.46. The van der Waals surface area contributed by atoms with E-state index in [2.05, 4.69) is 78.0 Å². The van der Waals surface area contributed by atoms with E-state index in [4.69, 9.17) is 0 Å². The number of hydrogen-bond acceptors (Lipinski definition) is 2. The van der Waals surface area contributed by atoms with Crippen molar-refractivity contribution in [3.8, 4) is 0 Å². The van der Waals surface area contributed by atoms with E-state index < -0.39 is 0 Å². The summed E-state index contributed by atoms with van der Waals surface area (Å²) in [6.45, 7) is 9.11. The molecule has 0 N–H and O–H groups in total. The first kappa shape index (κ1) is 17.3. The number of hydrogen-bond donors (Lipinski definition) is 0. The van der Waals surface area contributed by atoms with Crippen molar-refractivity contribution < 1.29 is 24.7 Å². The SMILES string of the molecule is CC(C)c1cccc(C(C)C)c1[N]([Hf])c1cccc2cccnc12. The second kappa shape index (κ2) is 7.18. The van der Waals surface area contributed by atoms with Crippen LogP contribution in [0.2, 0.25) is 0 Å². The van der Waals surface area contributed by atoms with Gasteiger partial charge in [0, 0.05) is 0 Å². The molecule has 0 saturated carbocycles. The molecule has 0 bridgehead atoms. The van der Waals surface area contributed by atoms with Gasteiger partial charge in [0.2, 0.25) is 0 Å². The third-order valence-corrected chi connectivity index (χ3v) is 6.09. The van der Waals surface area contributed by atoms with Crippen molar-refractivity contribution in [2.24, 2.45) is 0 Å². The summed E-state index contributed by atoms with van der Waals surface area (Å²) in [4.78, 5) is 4.66. The van der Waals surface area contributed by atoms with Crippen LogP contribution in [-0.4, -0.2) is 4.98 Å². The van der Waals surface area contributed by atoms with E-state index >= 15 is 0 Å². The first-order chi connectivity index (χ1) is 11.5. The quantitative estimate of drug-likeness (QED) is 0.420. The Morgan fingerprint density at radius 3 is 2.04 bits per heavy atom. The van der Waals surface area contributed by atoms with Gasteiger partial charge in [0.1, 0.15) is 0 Å². The van der Waals surface area contributed by atoms with Crippen molar-refractivity contribution in [3.05, 3.63) is 65.9 Å². The van der Waals surface area contributed by atoms with Gasteiger partial charge in [-0.25, -0.2) is 0 Å². The Balaban J connectivity index is 2.24. The summed E-state index contributed by atoms with van der Waals surface area (Å²) in [6, 6.07) is 17.4. The molecule has 2 aromatic carbocycles. The summed E-state index contributed by atoms with van der Waals surface area (Å²) in [5, 5.41) is 1.20. The summed E-state index contributed by atoms with van der Waals surface area (Å²) >= 11 is 0.916. The van der Waals surface area contributed by atoms with Crippen molar-refractivity contribution in [1.82, 2.24) is 4.98 Å². The van der Waals surface area contributed by atoms with E-state index in [0.29, 0.717) is 11.8 Å². The van der Waals surface area contributed by atoms with E-state index in [9.17, 15) is 0 Å². The van der Waals surface area contributed by atoms with Crippen molar-refractivity contribution in [2.45, 2.75) is 39.5 Å². The molecule has 3 rings (SSSR count). The van der Waals surface area contributed by atoms with Crippen LogP contribution in [0.3, 0.4) is 0 Å². The molecular weight excluding hydrogens is 459 g/mol. The Labute approximate surface area is 159 Å². The third kappa shape index (κ3) is 3.19. The Morgan fingerprint density at radius 1 is 0.833 bits per heavy atom. The molecular formula is C21H23HfN2. The number of para-hydroxylation sites is 2. The van der Waals surface area contributed by atoms with Gasteiger partial charge in [-0.2, -0.15) is 0 Å². The standard InChI is InChI=1S/C21H23N2.Hf/c1-14(2)17-10-6-11-18(15(3)4)21(17)23-19-12-5-8-16-9-7-13-22-20(16)19;/h5-15H,1-4H3;/q-1;+1. The van der Waals surface area contributed by atoms with Crippen molar-refractivity contribution in [1.29, 1.82) is 0 Å². The fraction of sp³-hybridized carbons (Fsp3) is 0.286. The van der Waals surface area contributed by atoms with E-state index in [-0.39, 0.29) is 0 Å². The summed E-state index contributed by atoms with van der Waals surface area (Å²) in [6.07, 6.45) is 1.89. The Bertz CT molecular complexity index is 824. The molecule has 0 aliphatic rings. The normalized spacial score (nSPS) is 11.4. The summed E-state index contributed by atoms with van der Waals surface area (Å²) in [7, 11) is 0. The van der Waals surface area contributed by atoms with Gasteiger partial charge in [-0.05, 0) is 0 Å². The fourth-order valence-electron chi connectivity index (χ4n) is 3.16. The molecule has 1 aromatic heterocycles. The van der Waals surface area contributed by atoms with E-state index in [1.54, 1.807) is 0 Å². The van der Waals surface area contributed by atoms with Crippen LogP contribution in [0.4, 0.5) is 11.4 Å². The number of pyridine rings is 1. The van der Waals surface area contributed by atoms with Crippen molar-refractivity contribution in [2.75, 3.05) is 2.89 Å². The second-order valence-corrected chi connectivity index (χ2v) is 8.39. The van der Waals surface area contributed by atoms with Crippen LogP contribution in [0.5, 0.6) is 0 Å². The van der Waals surface area contributed by atoms with Crippen LogP contribution in [0.15, 0.2) is 54.7 Å². The zero-order valence-corrected chi connectivity index (χ0v) is 18.3. The molecule has 24 heavy (non-hydrogen) atoms.